The number of hydrogen-bond donors (Lipinski definition) is 2. The van der Waals surface area contributed by atoms with Gasteiger partial charge < -0.3 is 10.6 Å². The lowest BCUT2D eigenvalue weighted by Gasteiger charge is -2.47. The van der Waals surface area contributed by atoms with Crippen LogP contribution in [0.5, 0.6) is 0 Å². The molecule has 1 aromatic carbocycles. The highest BCUT2D eigenvalue weighted by Gasteiger charge is 2.44. The molecular formula is C21H29F3N2O. The van der Waals surface area contributed by atoms with Gasteiger partial charge in [0.1, 0.15) is 0 Å². The standard InChI is InChI=1S/C21H29F3N2O/c1-13-4-6-17(7-5-13)18(21(22,23)24)25-19(27)26-20(3)11-15-8-14(2)9-16(10-15)12-20/h4-7,14-16,18H,8-12H2,1-3H3,(H2,25,26,27). The third kappa shape index (κ3) is 4.96. The molecule has 0 spiro atoms. The van der Waals surface area contributed by atoms with Gasteiger partial charge in [0, 0.05) is 5.54 Å². The lowest BCUT2D eigenvalue weighted by Crippen LogP contribution is -2.56. The highest BCUT2D eigenvalue weighted by molar-refractivity contribution is 5.75. The maximum Gasteiger partial charge on any atom is 0.412 e. The zero-order valence-electron chi connectivity index (χ0n) is 16.2. The lowest BCUT2D eigenvalue weighted by atomic mass is 9.63. The molecule has 2 bridgehead atoms. The summed E-state index contributed by atoms with van der Waals surface area (Å²) in [4.78, 5) is 12.5. The van der Waals surface area contributed by atoms with Gasteiger partial charge in [-0.05, 0) is 69.3 Å². The van der Waals surface area contributed by atoms with Gasteiger partial charge in [-0.1, -0.05) is 36.8 Å². The summed E-state index contributed by atoms with van der Waals surface area (Å²) in [6.07, 6.45) is 0.586. The largest absolute Gasteiger partial charge is 0.412 e. The fourth-order valence-electron chi connectivity index (χ4n) is 5.25. The highest BCUT2D eigenvalue weighted by Crippen LogP contribution is 2.46. The Morgan fingerprint density at radius 3 is 2.19 bits per heavy atom. The van der Waals surface area contributed by atoms with Crippen molar-refractivity contribution >= 4 is 6.03 Å². The van der Waals surface area contributed by atoms with Gasteiger partial charge in [0.25, 0.3) is 0 Å². The maximum absolute atomic E-state index is 13.5. The Labute approximate surface area is 159 Å². The van der Waals surface area contributed by atoms with Crippen molar-refractivity contribution in [2.45, 2.75) is 70.6 Å². The lowest BCUT2D eigenvalue weighted by molar-refractivity contribution is -0.155. The number of benzene rings is 1. The number of aryl methyl sites for hydroxylation is 1. The Bertz CT molecular complexity index is 653. The van der Waals surface area contributed by atoms with Crippen LogP contribution in [-0.4, -0.2) is 17.7 Å². The number of rotatable bonds is 3. The number of carbonyl (C=O) groups is 1. The van der Waals surface area contributed by atoms with Crippen LogP contribution in [0.1, 0.15) is 63.1 Å². The molecule has 0 radical (unpaired) electrons. The summed E-state index contributed by atoms with van der Waals surface area (Å²) >= 11 is 0. The molecule has 150 valence electrons. The highest BCUT2D eigenvalue weighted by atomic mass is 19.4. The minimum absolute atomic E-state index is 0.0442. The first-order valence-electron chi connectivity index (χ1n) is 9.76. The molecule has 2 aliphatic carbocycles. The first-order chi connectivity index (χ1) is 12.5. The molecule has 3 rings (SSSR count). The van der Waals surface area contributed by atoms with Crippen molar-refractivity contribution in [2.24, 2.45) is 17.8 Å². The van der Waals surface area contributed by atoms with Gasteiger partial charge in [0.05, 0.1) is 0 Å². The first-order valence-corrected chi connectivity index (χ1v) is 9.76. The Kier molecular flexibility index (Phi) is 5.46. The average Bonchev–Trinajstić information content (AvgIpc) is 2.50. The van der Waals surface area contributed by atoms with Crippen LogP contribution in [0.15, 0.2) is 24.3 Å². The van der Waals surface area contributed by atoms with Crippen molar-refractivity contribution < 1.29 is 18.0 Å². The summed E-state index contributed by atoms with van der Waals surface area (Å²) in [6.45, 7) is 6.04. The van der Waals surface area contributed by atoms with Crippen LogP contribution in [0.4, 0.5) is 18.0 Å². The second-order valence-corrected chi connectivity index (χ2v) is 9.00. The minimum Gasteiger partial charge on any atom is -0.333 e. The topological polar surface area (TPSA) is 41.1 Å². The Morgan fingerprint density at radius 2 is 1.67 bits per heavy atom. The van der Waals surface area contributed by atoms with E-state index in [1.807, 2.05) is 13.8 Å². The predicted octanol–water partition coefficient (Wildman–Crippen LogP) is 5.50. The van der Waals surface area contributed by atoms with Crippen molar-refractivity contribution in [2.75, 3.05) is 0 Å². The van der Waals surface area contributed by atoms with Crippen molar-refractivity contribution in [1.29, 1.82) is 0 Å². The van der Waals surface area contributed by atoms with E-state index >= 15 is 0 Å². The quantitative estimate of drug-likeness (QED) is 0.712. The molecule has 3 unspecified atom stereocenters. The molecule has 3 atom stereocenters. The van der Waals surface area contributed by atoms with Gasteiger partial charge >= 0.3 is 12.2 Å². The Morgan fingerprint density at radius 1 is 1.11 bits per heavy atom. The molecule has 3 nitrogen and oxygen atoms in total. The number of fused-ring (bicyclic) bond motifs is 2. The normalized spacial score (nSPS) is 31.9. The van der Waals surface area contributed by atoms with Crippen LogP contribution in [0.25, 0.3) is 0 Å². The van der Waals surface area contributed by atoms with E-state index in [0.717, 1.165) is 31.2 Å². The van der Waals surface area contributed by atoms with Gasteiger partial charge in [-0.25, -0.2) is 4.79 Å². The molecule has 2 saturated carbocycles. The van der Waals surface area contributed by atoms with E-state index in [1.54, 1.807) is 12.1 Å². The second kappa shape index (κ2) is 7.36. The first kappa shape index (κ1) is 20.0. The number of amides is 2. The van der Waals surface area contributed by atoms with E-state index in [4.69, 9.17) is 0 Å². The van der Waals surface area contributed by atoms with Gasteiger partial charge in [-0.15, -0.1) is 0 Å². The minimum atomic E-state index is -4.55. The number of nitrogens with one attached hydrogen (secondary N) is 2. The third-order valence-corrected chi connectivity index (χ3v) is 6.05. The maximum atomic E-state index is 13.5. The van der Waals surface area contributed by atoms with Crippen LogP contribution < -0.4 is 10.6 Å². The van der Waals surface area contributed by atoms with E-state index in [1.165, 1.54) is 18.6 Å². The van der Waals surface area contributed by atoms with Crippen molar-refractivity contribution in [1.82, 2.24) is 10.6 Å². The summed E-state index contributed by atoms with van der Waals surface area (Å²) in [6, 6.07) is 3.33. The Balaban J connectivity index is 1.68. The van der Waals surface area contributed by atoms with E-state index in [-0.39, 0.29) is 5.56 Å². The van der Waals surface area contributed by atoms with Crippen LogP contribution in [0.2, 0.25) is 0 Å². The summed E-state index contributed by atoms with van der Waals surface area (Å²) in [5.74, 6) is 1.80. The fourth-order valence-corrected chi connectivity index (χ4v) is 5.25. The van der Waals surface area contributed by atoms with Gasteiger partial charge in [-0.3, -0.25) is 0 Å². The molecule has 0 saturated heterocycles. The van der Waals surface area contributed by atoms with E-state index in [0.29, 0.717) is 17.8 Å². The number of urea groups is 1. The zero-order valence-corrected chi connectivity index (χ0v) is 16.2. The summed E-state index contributed by atoms with van der Waals surface area (Å²) in [7, 11) is 0. The van der Waals surface area contributed by atoms with Crippen LogP contribution in [0.3, 0.4) is 0 Å². The molecule has 0 heterocycles. The third-order valence-electron chi connectivity index (χ3n) is 6.05. The van der Waals surface area contributed by atoms with Crippen LogP contribution in [-0.2, 0) is 0 Å². The van der Waals surface area contributed by atoms with E-state index in [2.05, 4.69) is 17.6 Å². The van der Waals surface area contributed by atoms with Gasteiger partial charge in [0.2, 0.25) is 0 Å². The predicted molar refractivity (Wildman–Crippen MR) is 99.3 cm³/mol. The number of halogens is 3. The molecule has 2 amide bonds. The molecule has 2 N–H and O–H groups in total. The molecule has 1 aromatic rings. The SMILES string of the molecule is Cc1ccc(C(NC(=O)NC2(C)CC3CC(C)CC(C3)C2)C(F)(F)F)cc1. The zero-order chi connectivity index (χ0) is 19.8. The van der Waals surface area contributed by atoms with Crippen molar-refractivity contribution in [3.8, 4) is 0 Å². The van der Waals surface area contributed by atoms with Crippen LogP contribution in [0, 0.1) is 24.7 Å². The summed E-state index contributed by atoms with van der Waals surface area (Å²) in [5, 5.41) is 5.04. The smallest absolute Gasteiger partial charge is 0.333 e. The molecule has 6 heteroatoms. The molecule has 0 aromatic heterocycles. The van der Waals surface area contributed by atoms with Crippen LogP contribution >= 0.6 is 0 Å². The van der Waals surface area contributed by atoms with Crippen molar-refractivity contribution in [3.05, 3.63) is 35.4 Å². The van der Waals surface area contributed by atoms with Crippen molar-refractivity contribution in [3.63, 3.8) is 0 Å². The molecule has 2 fully saturated rings. The van der Waals surface area contributed by atoms with Gasteiger partial charge in [-0.2, -0.15) is 13.2 Å². The van der Waals surface area contributed by atoms with Gasteiger partial charge in [0.15, 0.2) is 6.04 Å². The Hall–Kier alpha value is -1.72. The molecule has 0 aliphatic heterocycles. The average molecular weight is 382 g/mol. The number of alkyl halides is 3. The second-order valence-electron chi connectivity index (χ2n) is 9.00. The van der Waals surface area contributed by atoms with E-state index in [9.17, 15) is 18.0 Å². The van der Waals surface area contributed by atoms with E-state index < -0.39 is 23.8 Å². The monoisotopic (exact) mass is 382 g/mol. The molecular weight excluding hydrogens is 353 g/mol. The number of carbonyl (C=O) groups excluding carboxylic acids is 1. The number of hydrogen-bond acceptors (Lipinski definition) is 1. The molecule has 27 heavy (non-hydrogen) atoms. The molecule has 2 aliphatic rings. The fraction of sp³-hybridized carbons (Fsp3) is 0.667. The summed E-state index contributed by atoms with van der Waals surface area (Å²) < 4.78 is 40.6. The summed E-state index contributed by atoms with van der Waals surface area (Å²) in [5.41, 5.74) is 0.476.